The Hall–Kier alpha value is -3.01. The molecule has 10 nitrogen and oxygen atoms in total. The van der Waals surface area contributed by atoms with Crippen LogP contribution in [0.25, 0.3) is 11.5 Å². The van der Waals surface area contributed by atoms with Gasteiger partial charge in [-0.1, -0.05) is 43.1 Å². The van der Waals surface area contributed by atoms with Gasteiger partial charge in [0.15, 0.2) is 0 Å². The highest BCUT2D eigenvalue weighted by molar-refractivity contribution is 6.33. The molecule has 178 valence electrons. The first-order valence-electron chi connectivity index (χ1n) is 10.4. The zero-order chi connectivity index (χ0) is 24.5. The lowest BCUT2D eigenvalue weighted by Crippen LogP contribution is -2.03. The smallest absolute Gasteiger partial charge is 0.305 e. The second-order valence-electron chi connectivity index (χ2n) is 6.19. The van der Waals surface area contributed by atoms with Crippen LogP contribution < -0.4 is 5.73 Å². The highest BCUT2D eigenvalue weighted by Crippen LogP contribution is 2.26. The molecule has 0 atom stereocenters. The van der Waals surface area contributed by atoms with Gasteiger partial charge in [0.2, 0.25) is 11.7 Å². The van der Waals surface area contributed by atoms with E-state index in [9.17, 15) is 14.9 Å². The Labute approximate surface area is 193 Å². The summed E-state index contributed by atoms with van der Waals surface area (Å²) in [6.45, 7) is 9.94. The van der Waals surface area contributed by atoms with E-state index in [1.165, 1.54) is 6.07 Å². The molecule has 2 aromatic heterocycles. The lowest BCUT2D eigenvalue weighted by atomic mass is 10.1. The first-order valence-corrected chi connectivity index (χ1v) is 10.8. The molecule has 0 saturated heterocycles. The predicted octanol–water partition coefficient (Wildman–Crippen LogP) is 5.25. The van der Waals surface area contributed by atoms with E-state index in [1.807, 2.05) is 33.8 Å². The minimum atomic E-state index is -0.583. The summed E-state index contributed by atoms with van der Waals surface area (Å²) in [4.78, 5) is 29.4. The topological polar surface area (TPSA) is 147 Å². The Kier molecular flexibility index (Phi) is 15.1. The summed E-state index contributed by atoms with van der Waals surface area (Å²) in [5, 5.41) is 14.6. The minimum absolute atomic E-state index is 0.0796. The van der Waals surface area contributed by atoms with E-state index in [4.69, 9.17) is 26.6 Å². The van der Waals surface area contributed by atoms with Gasteiger partial charge in [0.25, 0.3) is 5.69 Å². The summed E-state index contributed by atoms with van der Waals surface area (Å²) in [6.07, 6.45) is 6.24. The third-order valence-electron chi connectivity index (χ3n) is 3.75. The van der Waals surface area contributed by atoms with E-state index in [2.05, 4.69) is 15.1 Å². The lowest BCUT2D eigenvalue weighted by molar-refractivity contribution is -0.385. The van der Waals surface area contributed by atoms with Crippen LogP contribution in [0.15, 0.2) is 28.6 Å². The second kappa shape index (κ2) is 16.7. The normalized spacial score (nSPS) is 10.4. The van der Waals surface area contributed by atoms with Gasteiger partial charge in [-0.25, -0.2) is 4.98 Å². The van der Waals surface area contributed by atoms with Crippen molar-refractivity contribution in [2.24, 2.45) is 5.73 Å². The number of halogens is 1. The van der Waals surface area contributed by atoms with E-state index in [1.54, 1.807) is 6.92 Å². The number of pyridine rings is 1. The molecule has 2 aromatic rings. The van der Waals surface area contributed by atoms with Gasteiger partial charge in [0.05, 0.1) is 16.6 Å². The Morgan fingerprint density at radius 3 is 2.53 bits per heavy atom. The SMILES string of the molecule is C/C=C(\C)N.CC.CCOC(=O)CCCCCc1nc(-c2ncc([N+](=O)[O-])cc2Cl)no1. The Balaban J connectivity index is 0.00000121. The van der Waals surface area contributed by atoms with Gasteiger partial charge in [-0.3, -0.25) is 14.9 Å². The zero-order valence-electron chi connectivity index (χ0n) is 19.3. The largest absolute Gasteiger partial charge is 0.466 e. The minimum Gasteiger partial charge on any atom is -0.466 e. The van der Waals surface area contributed by atoms with Crippen molar-refractivity contribution >= 4 is 23.3 Å². The van der Waals surface area contributed by atoms with Crippen molar-refractivity contribution in [3.05, 3.63) is 45.1 Å². The number of unbranched alkanes of at least 4 members (excludes halogenated alkanes) is 2. The van der Waals surface area contributed by atoms with Crippen LogP contribution in [-0.4, -0.2) is 32.6 Å². The average molecular weight is 470 g/mol. The Morgan fingerprint density at radius 1 is 1.34 bits per heavy atom. The van der Waals surface area contributed by atoms with Crippen LogP contribution in [0.1, 0.15) is 66.2 Å². The highest BCUT2D eigenvalue weighted by Gasteiger charge is 2.17. The molecule has 0 aromatic carbocycles. The number of allylic oxidation sites excluding steroid dienone is 2. The summed E-state index contributed by atoms with van der Waals surface area (Å²) in [5.74, 6) is 0.408. The van der Waals surface area contributed by atoms with Crippen molar-refractivity contribution in [1.29, 1.82) is 0 Å². The van der Waals surface area contributed by atoms with Crippen LogP contribution in [0, 0.1) is 10.1 Å². The van der Waals surface area contributed by atoms with Crippen LogP contribution in [0.2, 0.25) is 5.02 Å². The Morgan fingerprint density at radius 2 is 2.00 bits per heavy atom. The first-order chi connectivity index (χ1) is 15.3. The van der Waals surface area contributed by atoms with Crippen molar-refractivity contribution in [2.45, 2.75) is 66.7 Å². The van der Waals surface area contributed by atoms with Crippen molar-refractivity contribution < 1.29 is 19.0 Å². The molecule has 0 fully saturated rings. The first kappa shape index (κ1) is 29.0. The summed E-state index contributed by atoms with van der Waals surface area (Å²) in [5.41, 5.74) is 6.05. The number of rotatable bonds is 9. The van der Waals surface area contributed by atoms with Crippen LogP contribution in [0.3, 0.4) is 0 Å². The third kappa shape index (κ3) is 11.4. The van der Waals surface area contributed by atoms with Gasteiger partial charge < -0.3 is 15.0 Å². The molecule has 0 radical (unpaired) electrons. The number of ether oxygens (including phenoxy) is 1. The molecule has 0 bridgehead atoms. The molecular weight excluding hydrogens is 438 g/mol. The fourth-order valence-electron chi connectivity index (χ4n) is 2.10. The molecule has 2 heterocycles. The number of esters is 1. The molecule has 0 saturated carbocycles. The summed E-state index contributed by atoms with van der Waals surface area (Å²) < 4.78 is 9.98. The monoisotopic (exact) mass is 469 g/mol. The van der Waals surface area contributed by atoms with E-state index < -0.39 is 4.92 Å². The second-order valence-corrected chi connectivity index (χ2v) is 6.60. The Bertz CT molecular complexity index is 866. The summed E-state index contributed by atoms with van der Waals surface area (Å²) in [6, 6.07) is 1.19. The van der Waals surface area contributed by atoms with Gasteiger partial charge in [-0.05, 0) is 33.6 Å². The number of hydrogen-bond acceptors (Lipinski definition) is 9. The van der Waals surface area contributed by atoms with E-state index in [0.29, 0.717) is 25.3 Å². The highest BCUT2D eigenvalue weighted by atomic mass is 35.5. The predicted molar refractivity (Wildman–Crippen MR) is 123 cm³/mol. The number of hydrogen-bond donors (Lipinski definition) is 1. The van der Waals surface area contributed by atoms with E-state index >= 15 is 0 Å². The van der Waals surface area contributed by atoms with Gasteiger partial charge >= 0.3 is 5.97 Å². The van der Waals surface area contributed by atoms with Gasteiger partial charge in [0, 0.05) is 24.6 Å². The molecule has 32 heavy (non-hydrogen) atoms. The number of carbonyl (C=O) groups is 1. The average Bonchev–Trinajstić information content (AvgIpc) is 3.24. The number of nitro groups is 1. The van der Waals surface area contributed by atoms with Crippen LogP contribution in [0.5, 0.6) is 0 Å². The molecule has 0 aliphatic carbocycles. The number of aromatic nitrogens is 3. The van der Waals surface area contributed by atoms with E-state index in [-0.39, 0.29) is 28.2 Å². The maximum absolute atomic E-state index is 11.2. The summed E-state index contributed by atoms with van der Waals surface area (Å²) in [7, 11) is 0. The van der Waals surface area contributed by atoms with Crippen LogP contribution >= 0.6 is 11.6 Å². The summed E-state index contributed by atoms with van der Waals surface area (Å²) >= 11 is 5.99. The maximum Gasteiger partial charge on any atom is 0.305 e. The van der Waals surface area contributed by atoms with Crippen LogP contribution in [-0.2, 0) is 16.0 Å². The molecule has 0 spiro atoms. The van der Waals surface area contributed by atoms with Gasteiger partial charge in [-0.2, -0.15) is 4.98 Å². The van der Waals surface area contributed by atoms with Gasteiger partial charge in [-0.15, -0.1) is 0 Å². The zero-order valence-corrected chi connectivity index (χ0v) is 20.0. The molecule has 0 aliphatic rings. The lowest BCUT2D eigenvalue weighted by Gasteiger charge is -2.00. The number of nitrogens with zero attached hydrogens (tertiary/aromatic N) is 4. The fourth-order valence-corrected chi connectivity index (χ4v) is 2.35. The number of aryl methyl sites for hydroxylation is 1. The molecule has 0 amide bonds. The van der Waals surface area contributed by atoms with Crippen molar-refractivity contribution in [2.75, 3.05) is 6.61 Å². The maximum atomic E-state index is 11.2. The van der Waals surface area contributed by atoms with Crippen molar-refractivity contribution in [3.63, 3.8) is 0 Å². The van der Waals surface area contributed by atoms with Crippen molar-refractivity contribution in [3.8, 4) is 11.5 Å². The molecule has 2 rings (SSSR count). The van der Waals surface area contributed by atoms with Crippen LogP contribution in [0.4, 0.5) is 5.69 Å². The molecular formula is C21H32ClN5O5. The number of nitrogens with two attached hydrogens (primary N) is 1. The van der Waals surface area contributed by atoms with E-state index in [0.717, 1.165) is 31.2 Å². The van der Waals surface area contributed by atoms with Crippen molar-refractivity contribution in [1.82, 2.24) is 15.1 Å². The molecule has 2 N–H and O–H groups in total. The van der Waals surface area contributed by atoms with Gasteiger partial charge in [0.1, 0.15) is 11.9 Å². The number of carbonyl (C=O) groups excluding carboxylic acids is 1. The standard InChI is InChI=1S/C15H17ClN4O5.C4H9N.C2H6/c1-2-24-13(21)7-5-3-4-6-12-18-15(19-25-12)14-11(16)8-10(9-17-14)20(22)23;1-3-4(2)5;1-2/h8-9H,2-7H2,1H3;3H,5H2,1-2H3;1-2H3/b;4-3+;. The fraction of sp³-hybridized carbons (Fsp3) is 0.524. The quantitative estimate of drug-likeness (QED) is 0.225. The third-order valence-corrected chi connectivity index (χ3v) is 4.04. The molecule has 11 heteroatoms. The molecule has 0 unspecified atom stereocenters. The molecule has 0 aliphatic heterocycles.